The van der Waals surface area contributed by atoms with Gasteiger partial charge in [0.25, 0.3) is 0 Å². The van der Waals surface area contributed by atoms with Crippen LogP contribution in [0.1, 0.15) is 23.2 Å². The summed E-state index contributed by atoms with van der Waals surface area (Å²) in [6, 6.07) is 15.5. The molecule has 24 heavy (non-hydrogen) atoms. The van der Waals surface area contributed by atoms with Gasteiger partial charge in [0.2, 0.25) is 0 Å². The molecule has 1 aliphatic rings. The molecule has 1 saturated heterocycles. The number of rotatable bonds is 5. The van der Waals surface area contributed by atoms with Crippen molar-refractivity contribution in [3.63, 3.8) is 0 Å². The van der Waals surface area contributed by atoms with E-state index in [0.29, 0.717) is 6.04 Å². The van der Waals surface area contributed by atoms with Gasteiger partial charge in [0.1, 0.15) is 5.65 Å². The first-order valence-electron chi connectivity index (χ1n) is 8.71. The van der Waals surface area contributed by atoms with Crippen LogP contribution in [-0.4, -0.2) is 33.4 Å². The van der Waals surface area contributed by atoms with E-state index in [1.807, 2.05) is 6.20 Å². The Hall–Kier alpha value is -2.17. The van der Waals surface area contributed by atoms with E-state index in [0.717, 1.165) is 25.3 Å². The number of nitrogens with one attached hydrogen (secondary N) is 1. The van der Waals surface area contributed by atoms with Gasteiger partial charge in [0.05, 0.1) is 11.9 Å². The summed E-state index contributed by atoms with van der Waals surface area (Å²) in [6.45, 7) is 6.31. The van der Waals surface area contributed by atoms with Crippen molar-refractivity contribution in [3.8, 4) is 0 Å². The van der Waals surface area contributed by atoms with Crippen molar-refractivity contribution in [2.24, 2.45) is 0 Å². The van der Waals surface area contributed by atoms with E-state index in [2.05, 4.69) is 75.2 Å². The monoisotopic (exact) mass is 320 g/mol. The fraction of sp³-hybridized carbons (Fsp3) is 0.350. The Bertz CT molecular complexity index is 809. The van der Waals surface area contributed by atoms with Gasteiger partial charge in [0, 0.05) is 38.4 Å². The highest BCUT2D eigenvalue weighted by Gasteiger charge is 2.22. The maximum absolute atomic E-state index is 4.55. The zero-order valence-corrected chi connectivity index (χ0v) is 14.2. The zero-order chi connectivity index (χ0) is 16.4. The average molecular weight is 320 g/mol. The Morgan fingerprint density at radius 1 is 1.17 bits per heavy atom. The Morgan fingerprint density at radius 3 is 2.92 bits per heavy atom. The minimum atomic E-state index is 0.559. The Morgan fingerprint density at radius 2 is 2.04 bits per heavy atom. The van der Waals surface area contributed by atoms with Crippen molar-refractivity contribution in [2.75, 3.05) is 13.1 Å². The lowest BCUT2D eigenvalue weighted by Gasteiger charge is -2.16. The highest BCUT2D eigenvalue weighted by molar-refractivity contribution is 5.48. The molecule has 0 saturated carbocycles. The van der Waals surface area contributed by atoms with E-state index < -0.39 is 0 Å². The molecule has 0 aliphatic carbocycles. The SMILES string of the molecule is Cc1cccn2c(CN[C@H]3CCN(Cc4ccccc4)C3)cnc12. The summed E-state index contributed by atoms with van der Waals surface area (Å²) in [7, 11) is 0. The van der Waals surface area contributed by atoms with Gasteiger partial charge in [-0.2, -0.15) is 0 Å². The van der Waals surface area contributed by atoms with E-state index in [1.165, 1.54) is 29.8 Å². The van der Waals surface area contributed by atoms with Crippen LogP contribution in [0.2, 0.25) is 0 Å². The molecule has 1 aliphatic heterocycles. The molecule has 0 radical (unpaired) electrons. The minimum absolute atomic E-state index is 0.559. The molecule has 3 heterocycles. The maximum Gasteiger partial charge on any atom is 0.139 e. The molecule has 0 spiro atoms. The molecule has 4 nitrogen and oxygen atoms in total. The first-order valence-corrected chi connectivity index (χ1v) is 8.71. The molecule has 3 aromatic rings. The Balaban J connectivity index is 1.34. The topological polar surface area (TPSA) is 32.6 Å². The van der Waals surface area contributed by atoms with Gasteiger partial charge < -0.3 is 9.72 Å². The molecule has 4 rings (SSSR count). The summed E-state index contributed by atoms with van der Waals surface area (Å²) in [4.78, 5) is 7.08. The van der Waals surface area contributed by atoms with Crippen LogP contribution < -0.4 is 5.32 Å². The van der Waals surface area contributed by atoms with Crippen LogP contribution in [-0.2, 0) is 13.1 Å². The standard InChI is InChI=1S/C20H24N4/c1-16-6-5-10-24-19(13-22-20(16)24)12-21-18-9-11-23(15-18)14-17-7-3-2-4-8-17/h2-8,10,13,18,21H,9,11-12,14-15H2,1H3/t18-/m0/s1. The highest BCUT2D eigenvalue weighted by Crippen LogP contribution is 2.15. The van der Waals surface area contributed by atoms with Gasteiger partial charge in [-0.05, 0) is 30.5 Å². The normalized spacial score (nSPS) is 18.5. The molecule has 2 aromatic heterocycles. The molecule has 0 bridgehead atoms. The maximum atomic E-state index is 4.55. The lowest BCUT2D eigenvalue weighted by molar-refractivity contribution is 0.319. The summed E-state index contributed by atoms with van der Waals surface area (Å²) >= 11 is 0. The van der Waals surface area contributed by atoms with Gasteiger partial charge in [-0.15, -0.1) is 0 Å². The Kier molecular flexibility index (Phi) is 4.32. The second-order valence-electron chi connectivity index (χ2n) is 6.72. The van der Waals surface area contributed by atoms with Crippen LogP contribution >= 0.6 is 0 Å². The van der Waals surface area contributed by atoms with Crippen LogP contribution in [0, 0.1) is 6.92 Å². The highest BCUT2D eigenvalue weighted by atomic mass is 15.2. The number of fused-ring (bicyclic) bond motifs is 1. The molecule has 1 fully saturated rings. The first-order chi connectivity index (χ1) is 11.8. The molecular formula is C20H24N4. The number of aryl methyl sites for hydroxylation is 1. The molecule has 0 amide bonds. The second-order valence-corrected chi connectivity index (χ2v) is 6.72. The third-order valence-electron chi connectivity index (χ3n) is 4.90. The van der Waals surface area contributed by atoms with E-state index in [4.69, 9.17) is 0 Å². The third kappa shape index (κ3) is 3.21. The van der Waals surface area contributed by atoms with Crippen LogP contribution in [0.3, 0.4) is 0 Å². The van der Waals surface area contributed by atoms with E-state index in [-0.39, 0.29) is 0 Å². The van der Waals surface area contributed by atoms with Crippen LogP contribution in [0.25, 0.3) is 5.65 Å². The van der Waals surface area contributed by atoms with E-state index in [9.17, 15) is 0 Å². The molecular weight excluding hydrogens is 296 g/mol. The number of hydrogen-bond acceptors (Lipinski definition) is 3. The van der Waals surface area contributed by atoms with Crippen molar-refractivity contribution in [3.05, 3.63) is 71.7 Å². The van der Waals surface area contributed by atoms with Gasteiger partial charge >= 0.3 is 0 Å². The smallest absolute Gasteiger partial charge is 0.139 e. The summed E-state index contributed by atoms with van der Waals surface area (Å²) in [5.41, 5.74) is 4.91. The molecule has 1 atom stereocenters. The van der Waals surface area contributed by atoms with Crippen molar-refractivity contribution in [1.29, 1.82) is 0 Å². The number of pyridine rings is 1. The number of nitrogens with zero attached hydrogens (tertiary/aromatic N) is 3. The average Bonchev–Trinajstić information content (AvgIpc) is 3.21. The van der Waals surface area contributed by atoms with Crippen molar-refractivity contribution in [2.45, 2.75) is 32.5 Å². The van der Waals surface area contributed by atoms with Crippen LogP contribution in [0.4, 0.5) is 0 Å². The van der Waals surface area contributed by atoms with Gasteiger partial charge in [-0.1, -0.05) is 36.4 Å². The van der Waals surface area contributed by atoms with Gasteiger partial charge in [0.15, 0.2) is 0 Å². The zero-order valence-electron chi connectivity index (χ0n) is 14.2. The summed E-state index contributed by atoms with van der Waals surface area (Å²) in [5.74, 6) is 0. The Labute approximate surface area is 143 Å². The van der Waals surface area contributed by atoms with Gasteiger partial charge in [-0.25, -0.2) is 4.98 Å². The number of aromatic nitrogens is 2. The molecule has 1 N–H and O–H groups in total. The predicted octanol–water partition coefficient (Wildman–Crippen LogP) is 3.01. The van der Waals surface area contributed by atoms with Crippen molar-refractivity contribution < 1.29 is 0 Å². The number of benzene rings is 1. The number of hydrogen-bond donors (Lipinski definition) is 1. The predicted molar refractivity (Wildman–Crippen MR) is 96.9 cm³/mol. The lowest BCUT2D eigenvalue weighted by atomic mass is 10.2. The number of imidazole rings is 1. The lowest BCUT2D eigenvalue weighted by Crippen LogP contribution is -2.32. The van der Waals surface area contributed by atoms with Gasteiger partial charge in [-0.3, -0.25) is 4.90 Å². The minimum Gasteiger partial charge on any atom is -0.307 e. The van der Waals surface area contributed by atoms with Crippen molar-refractivity contribution >= 4 is 5.65 Å². The molecule has 124 valence electrons. The molecule has 1 aromatic carbocycles. The summed E-state index contributed by atoms with van der Waals surface area (Å²) in [6.07, 6.45) is 5.30. The second kappa shape index (κ2) is 6.75. The van der Waals surface area contributed by atoms with E-state index in [1.54, 1.807) is 0 Å². The fourth-order valence-corrected chi connectivity index (χ4v) is 3.57. The van der Waals surface area contributed by atoms with Crippen LogP contribution in [0.15, 0.2) is 54.9 Å². The third-order valence-corrected chi connectivity index (χ3v) is 4.90. The number of likely N-dealkylation sites (tertiary alicyclic amines) is 1. The molecule has 0 unspecified atom stereocenters. The largest absolute Gasteiger partial charge is 0.307 e. The fourth-order valence-electron chi connectivity index (χ4n) is 3.57. The molecule has 4 heteroatoms. The summed E-state index contributed by atoms with van der Waals surface area (Å²) < 4.78 is 2.19. The van der Waals surface area contributed by atoms with E-state index >= 15 is 0 Å². The summed E-state index contributed by atoms with van der Waals surface area (Å²) in [5, 5.41) is 3.71. The van der Waals surface area contributed by atoms with Crippen molar-refractivity contribution in [1.82, 2.24) is 19.6 Å². The van der Waals surface area contributed by atoms with Crippen LogP contribution in [0.5, 0.6) is 0 Å². The quantitative estimate of drug-likeness (QED) is 0.784. The first kappa shape index (κ1) is 15.4.